The number of aromatic nitrogens is 1. The van der Waals surface area contributed by atoms with Gasteiger partial charge in [-0.1, -0.05) is 24.3 Å². The number of rotatable bonds is 11. The summed E-state index contributed by atoms with van der Waals surface area (Å²) in [5.74, 6) is 0.376. The van der Waals surface area contributed by atoms with Crippen LogP contribution in [0, 0.1) is 20.8 Å². The molecule has 1 aliphatic rings. The third-order valence-electron chi connectivity index (χ3n) is 6.87. The molecule has 40 heavy (non-hydrogen) atoms. The second-order valence-electron chi connectivity index (χ2n) is 10.1. The molecule has 0 aliphatic carbocycles. The van der Waals surface area contributed by atoms with Crippen LogP contribution in [0.15, 0.2) is 47.9 Å². The van der Waals surface area contributed by atoms with E-state index in [0.29, 0.717) is 37.4 Å². The lowest BCUT2D eigenvalue weighted by Gasteiger charge is -2.18. The first-order valence-electron chi connectivity index (χ1n) is 13.1. The molecule has 2 heterocycles. The Hall–Kier alpha value is -2.77. The van der Waals surface area contributed by atoms with E-state index < -0.39 is 26.0 Å². The van der Waals surface area contributed by atoms with Gasteiger partial charge in [-0.3, -0.25) is 9.11 Å². The third-order valence-corrected chi connectivity index (χ3v) is 9.46. The lowest BCUT2D eigenvalue weighted by Crippen LogP contribution is -2.35. The molecule has 0 saturated heterocycles. The Bertz CT molecular complexity index is 1700. The molecule has 2 aromatic carbocycles. The van der Waals surface area contributed by atoms with E-state index >= 15 is 0 Å². The SMILES string of the molecule is CCC(=Cc1sc2cc(C)c(C)cc2[n+]1CCCCS(=O)(=O)O)C=C1Oc2ccc(C)cc2N1CCS(=O)(=O)O. The van der Waals surface area contributed by atoms with Crippen molar-refractivity contribution in [1.29, 1.82) is 0 Å². The minimum Gasteiger partial charge on any atom is -0.439 e. The Morgan fingerprint density at radius 2 is 1.70 bits per heavy atom. The van der Waals surface area contributed by atoms with Gasteiger partial charge in [-0.25, -0.2) is 0 Å². The summed E-state index contributed by atoms with van der Waals surface area (Å²) in [6.45, 7) is 8.72. The van der Waals surface area contributed by atoms with E-state index in [4.69, 9.17) is 9.29 Å². The van der Waals surface area contributed by atoms with Gasteiger partial charge < -0.3 is 9.64 Å². The number of hydrogen-bond acceptors (Lipinski definition) is 7. The van der Waals surface area contributed by atoms with Crippen LogP contribution in [0.5, 0.6) is 5.75 Å². The highest BCUT2D eigenvalue weighted by atomic mass is 32.2. The summed E-state index contributed by atoms with van der Waals surface area (Å²) in [5.41, 5.74) is 6.09. The molecule has 3 aromatic rings. The van der Waals surface area contributed by atoms with Crippen molar-refractivity contribution in [2.24, 2.45) is 0 Å². The van der Waals surface area contributed by atoms with Crippen LogP contribution in [-0.4, -0.2) is 44.0 Å². The van der Waals surface area contributed by atoms with Crippen molar-refractivity contribution in [1.82, 2.24) is 0 Å². The summed E-state index contributed by atoms with van der Waals surface area (Å²) >= 11 is 1.64. The first kappa shape index (κ1) is 30.2. The van der Waals surface area contributed by atoms with Crippen LogP contribution in [0.3, 0.4) is 0 Å². The van der Waals surface area contributed by atoms with Crippen LogP contribution in [0.1, 0.15) is 47.9 Å². The molecule has 216 valence electrons. The highest BCUT2D eigenvalue weighted by Crippen LogP contribution is 2.40. The topological polar surface area (TPSA) is 125 Å². The molecule has 0 unspecified atom stereocenters. The van der Waals surface area contributed by atoms with Crippen molar-refractivity contribution >= 4 is 53.6 Å². The first-order chi connectivity index (χ1) is 18.7. The van der Waals surface area contributed by atoms with Gasteiger partial charge in [0.2, 0.25) is 11.4 Å². The summed E-state index contributed by atoms with van der Waals surface area (Å²) < 4.78 is 73.4. The van der Waals surface area contributed by atoms with Crippen LogP contribution in [0.4, 0.5) is 5.69 Å². The highest BCUT2D eigenvalue weighted by Gasteiger charge is 2.28. The zero-order valence-corrected chi connectivity index (χ0v) is 25.5. The molecule has 4 rings (SSSR count). The molecule has 0 atom stereocenters. The van der Waals surface area contributed by atoms with Crippen molar-refractivity contribution in [2.75, 3.05) is 23.0 Å². The number of thiazole rings is 1. The van der Waals surface area contributed by atoms with Gasteiger partial charge in [-0.05, 0) is 74.1 Å². The molecule has 2 N–H and O–H groups in total. The highest BCUT2D eigenvalue weighted by molar-refractivity contribution is 7.86. The Morgan fingerprint density at radius 1 is 1.00 bits per heavy atom. The van der Waals surface area contributed by atoms with Crippen molar-refractivity contribution in [3.05, 3.63) is 69.6 Å². The molecule has 0 bridgehead atoms. The molecule has 0 spiro atoms. The zero-order chi connectivity index (χ0) is 29.2. The Kier molecular flexibility index (Phi) is 9.05. The molecule has 1 aliphatic heterocycles. The summed E-state index contributed by atoms with van der Waals surface area (Å²) in [7, 11) is -8.18. The van der Waals surface area contributed by atoms with E-state index in [1.165, 1.54) is 5.56 Å². The average Bonchev–Trinajstić information content (AvgIpc) is 3.35. The normalized spacial score (nSPS) is 15.2. The van der Waals surface area contributed by atoms with Gasteiger partial charge in [-0.2, -0.15) is 21.4 Å². The lowest BCUT2D eigenvalue weighted by molar-refractivity contribution is -0.669. The van der Waals surface area contributed by atoms with Crippen LogP contribution in [-0.2, 0) is 26.8 Å². The van der Waals surface area contributed by atoms with E-state index in [-0.39, 0.29) is 12.3 Å². The quantitative estimate of drug-likeness (QED) is 0.173. The Morgan fingerprint density at radius 3 is 2.38 bits per heavy atom. The number of anilines is 1. The standard InChI is InChI=1S/C28H34N2O7S3/c1-5-22(17-27-29(11-13-40(34,35)36)23-14-19(2)8-9-25(23)37-27)18-28-30(10-6-7-12-39(31,32)33)24-15-20(3)21(4)16-26(24)38-28/h8-9,14-18H,5-7,10-13H2,1-4H3,(H-,31,32,33,34,35,36)/p+1. The van der Waals surface area contributed by atoms with Crippen LogP contribution in [0.25, 0.3) is 16.3 Å². The molecule has 9 nitrogen and oxygen atoms in total. The number of hydrogen-bond donors (Lipinski definition) is 2. The fourth-order valence-corrected chi connectivity index (χ4v) is 6.79. The fraction of sp³-hybridized carbons (Fsp3) is 0.393. The van der Waals surface area contributed by atoms with Crippen molar-refractivity contribution in [3.63, 3.8) is 0 Å². The number of nitrogens with zero attached hydrogens (tertiary/aromatic N) is 2. The average molecular weight is 608 g/mol. The van der Waals surface area contributed by atoms with Crippen LogP contribution < -0.4 is 14.2 Å². The van der Waals surface area contributed by atoms with E-state index in [1.807, 2.05) is 38.1 Å². The number of allylic oxidation sites excluding steroid dienone is 2. The van der Waals surface area contributed by atoms with Gasteiger partial charge >= 0.3 is 0 Å². The van der Waals surface area contributed by atoms with Gasteiger partial charge in [-0.15, -0.1) is 0 Å². The van der Waals surface area contributed by atoms with Gasteiger partial charge in [0.05, 0.1) is 17.2 Å². The van der Waals surface area contributed by atoms with Crippen molar-refractivity contribution in [2.45, 2.75) is 53.5 Å². The predicted octanol–water partition coefficient (Wildman–Crippen LogP) is 5.20. The third kappa shape index (κ3) is 7.49. The van der Waals surface area contributed by atoms with Gasteiger partial charge in [0.15, 0.2) is 12.3 Å². The number of benzene rings is 2. The summed E-state index contributed by atoms with van der Waals surface area (Å²) in [6, 6.07) is 9.99. The Labute approximate surface area is 239 Å². The van der Waals surface area contributed by atoms with Crippen LogP contribution >= 0.6 is 11.3 Å². The minimum absolute atomic E-state index is 0.0350. The molecular formula is C28H35N2O7S3+. The van der Waals surface area contributed by atoms with E-state index in [2.05, 4.69) is 36.6 Å². The van der Waals surface area contributed by atoms with Gasteiger partial charge in [0, 0.05) is 31.2 Å². The number of ether oxygens (including phenoxy) is 1. The second kappa shape index (κ2) is 12.0. The van der Waals surface area contributed by atoms with Crippen LogP contribution in [0.2, 0.25) is 0 Å². The monoisotopic (exact) mass is 607 g/mol. The summed E-state index contributed by atoms with van der Waals surface area (Å²) in [5, 5.41) is 0.983. The van der Waals surface area contributed by atoms with Gasteiger partial charge in [0.25, 0.3) is 25.2 Å². The lowest BCUT2D eigenvalue weighted by atomic mass is 10.1. The first-order valence-corrected chi connectivity index (χ1v) is 17.1. The fourth-order valence-electron chi connectivity index (χ4n) is 4.56. The van der Waals surface area contributed by atoms with Crippen molar-refractivity contribution in [3.8, 4) is 5.75 Å². The molecular weight excluding hydrogens is 573 g/mol. The van der Waals surface area contributed by atoms with E-state index in [1.54, 1.807) is 16.2 Å². The van der Waals surface area contributed by atoms with Gasteiger partial charge in [0.1, 0.15) is 4.70 Å². The smallest absolute Gasteiger partial charge is 0.266 e. The maximum Gasteiger partial charge on any atom is 0.266 e. The Balaban J connectivity index is 1.73. The van der Waals surface area contributed by atoms with Crippen molar-refractivity contribution < 1.29 is 35.2 Å². The minimum atomic E-state index is -4.17. The molecule has 0 saturated carbocycles. The zero-order valence-electron chi connectivity index (χ0n) is 23.0. The molecule has 12 heteroatoms. The maximum atomic E-state index is 11.5. The second-order valence-corrected chi connectivity index (χ2v) is 14.3. The molecule has 0 radical (unpaired) electrons. The summed E-state index contributed by atoms with van der Waals surface area (Å²) in [6.07, 6.45) is 5.56. The molecule has 0 amide bonds. The number of aryl methyl sites for hydroxylation is 4. The number of unbranched alkanes of at least 4 members (excludes halogenated alkanes) is 1. The predicted molar refractivity (Wildman–Crippen MR) is 159 cm³/mol. The maximum absolute atomic E-state index is 11.5. The van der Waals surface area contributed by atoms with E-state index in [0.717, 1.165) is 37.6 Å². The van der Waals surface area contributed by atoms with E-state index in [9.17, 15) is 21.4 Å². The molecule has 0 fully saturated rings. The largest absolute Gasteiger partial charge is 0.439 e. The molecule has 1 aromatic heterocycles. The summed E-state index contributed by atoms with van der Waals surface area (Å²) in [4.78, 5) is 1.76. The number of fused-ring (bicyclic) bond motifs is 2.